The Morgan fingerprint density at radius 2 is 1.88 bits per heavy atom. The van der Waals surface area contributed by atoms with Crippen molar-refractivity contribution in [3.63, 3.8) is 0 Å². The Kier molecular flexibility index (Phi) is 7.01. The molecular formula is C13H28N2O. The van der Waals surface area contributed by atoms with Crippen LogP contribution >= 0.6 is 0 Å². The molecule has 1 heterocycles. The van der Waals surface area contributed by atoms with Gasteiger partial charge in [0.15, 0.2) is 0 Å². The van der Waals surface area contributed by atoms with Crippen molar-refractivity contribution < 1.29 is 4.74 Å². The van der Waals surface area contributed by atoms with Crippen molar-refractivity contribution in [1.82, 2.24) is 10.2 Å². The predicted molar refractivity (Wildman–Crippen MR) is 68.8 cm³/mol. The summed E-state index contributed by atoms with van der Waals surface area (Å²) in [4.78, 5) is 2.49. The summed E-state index contributed by atoms with van der Waals surface area (Å²) in [6, 6.07) is 1.24. The van der Waals surface area contributed by atoms with E-state index in [0.29, 0.717) is 12.1 Å². The SMILES string of the molecule is CCCCC(C)NC(C)CN1CCOCC1. The third-order valence-corrected chi connectivity index (χ3v) is 3.20. The number of nitrogens with zero attached hydrogens (tertiary/aromatic N) is 1. The first-order chi connectivity index (χ1) is 7.72. The predicted octanol–water partition coefficient (Wildman–Crippen LogP) is 1.88. The molecule has 1 aliphatic rings. The third kappa shape index (κ3) is 5.83. The zero-order valence-corrected chi connectivity index (χ0v) is 11.2. The van der Waals surface area contributed by atoms with E-state index < -0.39 is 0 Å². The van der Waals surface area contributed by atoms with Gasteiger partial charge in [0.05, 0.1) is 13.2 Å². The van der Waals surface area contributed by atoms with E-state index in [9.17, 15) is 0 Å². The summed E-state index contributed by atoms with van der Waals surface area (Å²) in [6.45, 7) is 12.0. The van der Waals surface area contributed by atoms with E-state index in [-0.39, 0.29) is 0 Å². The number of morpholine rings is 1. The molecule has 96 valence electrons. The molecule has 1 fully saturated rings. The first kappa shape index (κ1) is 13.9. The van der Waals surface area contributed by atoms with Crippen LogP contribution < -0.4 is 5.32 Å². The lowest BCUT2D eigenvalue weighted by atomic mass is 10.1. The Bertz CT molecular complexity index is 169. The van der Waals surface area contributed by atoms with Gasteiger partial charge < -0.3 is 10.1 Å². The van der Waals surface area contributed by atoms with Gasteiger partial charge in [0.25, 0.3) is 0 Å². The van der Waals surface area contributed by atoms with Crippen LogP contribution in [-0.4, -0.2) is 49.8 Å². The zero-order chi connectivity index (χ0) is 11.8. The molecule has 0 spiro atoms. The maximum Gasteiger partial charge on any atom is 0.0594 e. The van der Waals surface area contributed by atoms with Crippen molar-refractivity contribution in [1.29, 1.82) is 0 Å². The van der Waals surface area contributed by atoms with Crippen LogP contribution in [0.25, 0.3) is 0 Å². The van der Waals surface area contributed by atoms with Gasteiger partial charge >= 0.3 is 0 Å². The number of nitrogens with one attached hydrogen (secondary N) is 1. The minimum atomic E-state index is 0.588. The van der Waals surface area contributed by atoms with E-state index >= 15 is 0 Å². The van der Waals surface area contributed by atoms with Gasteiger partial charge in [-0.25, -0.2) is 0 Å². The standard InChI is InChI=1S/C13H28N2O/c1-4-5-6-12(2)14-13(3)11-15-7-9-16-10-8-15/h12-14H,4-11H2,1-3H3. The number of unbranched alkanes of at least 4 members (excludes halogenated alkanes) is 1. The van der Waals surface area contributed by atoms with Gasteiger partial charge in [0.1, 0.15) is 0 Å². The zero-order valence-electron chi connectivity index (χ0n) is 11.2. The van der Waals surface area contributed by atoms with Crippen molar-refractivity contribution in [3.8, 4) is 0 Å². The first-order valence-corrected chi connectivity index (χ1v) is 6.78. The highest BCUT2D eigenvalue weighted by atomic mass is 16.5. The molecule has 1 aliphatic heterocycles. The second-order valence-electron chi connectivity index (χ2n) is 5.02. The van der Waals surface area contributed by atoms with Crippen molar-refractivity contribution >= 4 is 0 Å². The molecule has 0 bridgehead atoms. The van der Waals surface area contributed by atoms with Crippen LogP contribution in [0.5, 0.6) is 0 Å². The van der Waals surface area contributed by atoms with E-state index in [1.807, 2.05) is 0 Å². The van der Waals surface area contributed by atoms with Crippen LogP contribution in [0.1, 0.15) is 40.0 Å². The van der Waals surface area contributed by atoms with Gasteiger partial charge in [-0.15, -0.1) is 0 Å². The van der Waals surface area contributed by atoms with Gasteiger partial charge in [-0.05, 0) is 20.3 Å². The number of hydrogen-bond donors (Lipinski definition) is 1. The smallest absolute Gasteiger partial charge is 0.0594 e. The lowest BCUT2D eigenvalue weighted by molar-refractivity contribution is 0.0339. The Morgan fingerprint density at radius 3 is 2.50 bits per heavy atom. The topological polar surface area (TPSA) is 24.5 Å². The highest BCUT2D eigenvalue weighted by Crippen LogP contribution is 2.03. The summed E-state index contributed by atoms with van der Waals surface area (Å²) in [6.07, 6.45) is 3.92. The van der Waals surface area contributed by atoms with Crippen molar-refractivity contribution in [2.75, 3.05) is 32.8 Å². The van der Waals surface area contributed by atoms with Gasteiger partial charge in [0, 0.05) is 31.7 Å². The van der Waals surface area contributed by atoms with Crippen molar-refractivity contribution in [3.05, 3.63) is 0 Å². The molecule has 0 radical (unpaired) electrons. The molecule has 0 saturated carbocycles. The largest absolute Gasteiger partial charge is 0.379 e. The van der Waals surface area contributed by atoms with Crippen LogP contribution in [0.3, 0.4) is 0 Å². The summed E-state index contributed by atoms with van der Waals surface area (Å²) in [5, 5.41) is 3.68. The van der Waals surface area contributed by atoms with E-state index in [4.69, 9.17) is 4.74 Å². The summed E-state index contributed by atoms with van der Waals surface area (Å²) < 4.78 is 5.35. The van der Waals surface area contributed by atoms with Crippen LogP contribution in [0.15, 0.2) is 0 Å². The summed E-state index contributed by atoms with van der Waals surface area (Å²) in [7, 11) is 0. The second kappa shape index (κ2) is 8.04. The minimum Gasteiger partial charge on any atom is -0.379 e. The molecule has 2 atom stereocenters. The molecule has 1 rings (SSSR count). The fourth-order valence-electron chi connectivity index (χ4n) is 2.30. The number of rotatable bonds is 7. The number of ether oxygens (including phenoxy) is 1. The Morgan fingerprint density at radius 1 is 1.19 bits per heavy atom. The fourth-order valence-corrected chi connectivity index (χ4v) is 2.30. The second-order valence-corrected chi connectivity index (χ2v) is 5.02. The quantitative estimate of drug-likeness (QED) is 0.720. The third-order valence-electron chi connectivity index (χ3n) is 3.20. The van der Waals surface area contributed by atoms with E-state index in [2.05, 4.69) is 31.0 Å². The minimum absolute atomic E-state index is 0.588. The molecule has 0 aliphatic carbocycles. The lowest BCUT2D eigenvalue weighted by Gasteiger charge is -2.30. The molecule has 3 nitrogen and oxygen atoms in total. The molecular weight excluding hydrogens is 200 g/mol. The molecule has 0 amide bonds. The molecule has 1 N–H and O–H groups in total. The molecule has 2 unspecified atom stereocenters. The van der Waals surface area contributed by atoms with Crippen LogP contribution in [-0.2, 0) is 4.74 Å². The molecule has 16 heavy (non-hydrogen) atoms. The van der Waals surface area contributed by atoms with Gasteiger partial charge in [-0.1, -0.05) is 19.8 Å². The summed E-state index contributed by atoms with van der Waals surface area (Å²) >= 11 is 0. The molecule has 0 aromatic rings. The van der Waals surface area contributed by atoms with E-state index in [0.717, 1.165) is 32.8 Å². The normalized spacial score (nSPS) is 21.9. The Hall–Kier alpha value is -0.120. The van der Waals surface area contributed by atoms with E-state index in [1.165, 1.54) is 19.3 Å². The molecule has 3 heteroatoms. The highest BCUT2D eigenvalue weighted by molar-refractivity contribution is 4.73. The molecule has 0 aromatic heterocycles. The first-order valence-electron chi connectivity index (χ1n) is 6.78. The fraction of sp³-hybridized carbons (Fsp3) is 1.00. The van der Waals surface area contributed by atoms with Gasteiger partial charge in [-0.2, -0.15) is 0 Å². The average molecular weight is 228 g/mol. The number of hydrogen-bond acceptors (Lipinski definition) is 3. The average Bonchev–Trinajstić information content (AvgIpc) is 2.27. The highest BCUT2D eigenvalue weighted by Gasteiger charge is 2.14. The lowest BCUT2D eigenvalue weighted by Crippen LogP contribution is -2.46. The van der Waals surface area contributed by atoms with Crippen LogP contribution in [0.2, 0.25) is 0 Å². The molecule has 1 saturated heterocycles. The maximum absolute atomic E-state index is 5.35. The Labute approximate surface area is 101 Å². The Balaban J connectivity index is 2.11. The van der Waals surface area contributed by atoms with Crippen molar-refractivity contribution in [2.45, 2.75) is 52.1 Å². The monoisotopic (exact) mass is 228 g/mol. The molecule has 0 aromatic carbocycles. The van der Waals surface area contributed by atoms with Gasteiger partial charge in [0.2, 0.25) is 0 Å². The van der Waals surface area contributed by atoms with Gasteiger partial charge in [-0.3, -0.25) is 4.90 Å². The van der Waals surface area contributed by atoms with Crippen molar-refractivity contribution in [2.24, 2.45) is 0 Å². The van der Waals surface area contributed by atoms with Crippen LogP contribution in [0.4, 0.5) is 0 Å². The van der Waals surface area contributed by atoms with E-state index in [1.54, 1.807) is 0 Å². The van der Waals surface area contributed by atoms with Crippen LogP contribution in [0, 0.1) is 0 Å². The summed E-state index contributed by atoms with van der Waals surface area (Å²) in [5.41, 5.74) is 0. The summed E-state index contributed by atoms with van der Waals surface area (Å²) in [5.74, 6) is 0. The maximum atomic E-state index is 5.35.